The number of aryl methyl sites for hydroxylation is 2. The van der Waals surface area contributed by atoms with Crippen LogP contribution in [-0.2, 0) is 13.1 Å². The first-order chi connectivity index (χ1) is 7.19. The molecule has 2 aromatic rings. The van der Waals surface area contributed by atoms with Gasteiger partial charge in [-0.15, -0.1) is 5.10 Å². The molecule has 0 radical (unpaired) electrons. The molecule has 0 aliphatic rings. The van der Waals surface area contributed by atoms with E-state index < -0.39 is 0 Å². The van der Waals surface area contributed by atoms with E-state index in [2.05, 4.69) is 22.3 Å². The molecular formula is C9H14N6. The predicted octanol–water partition coefficient (Wildman–Crippen LogP) is 0.433. The van der Waals surface area contributed by atoms with Crippen molar-refractivity contribution in [1.82, 2.24) is 24.8 Å². The molecule has 0 saturated heterocycles. The number of nitrogens with zero attached hydrogens (tertiary/aromatic N) is 5. The molecule has 0 amide bonds. The number of aromatic nitrogens is 5. The second-order valence-electron chi connectivity index (χ2n) is 3.44. The van der Waals surface area contributed by atoms with Crippen molar-refractivity contribution >= 4 is 5.82 Å². The van der Waals surface area contributed by atoms with Crippen molar-refractivity contribution in [1.29, 1.82) is 0 Å². The average Bonchev–Trinajstić information content (AvgIpc) is 2.75. The van der Waals surface area contributed by atoms with Crippen molar-refractivity contribution < 1.29 is 0 Å². The summed E-state index contributed by atoms with van der Waals surface area (Å²) in [5, 5.41) is 12.0. The topological polar surface area (TPSA) is 74.5 Å². The number of hydrogen-bond acceptors (Lipinski definition) is 4. The molecule has 0 aliphatic carbocycles. The Kier molecular flexibility index (Phi) is 2.40. The van der Waals surface area contributed by atoms with Crippen LogP contribution < -0.4 is 5.73 Å². The summed E-state index contributed by atoms with van der Waals surface area (Å²) >= 11 is 0. The van der Waals surface area contributed by atoms with Gasteiger partial charge in [0.25, 0.3) is 0 Å². The molecule has 2 heterocycles. The summed E-state index contributed by atoms with van der Waals surface area (Å²) in [6.07, 6.45) is 3.73. The summed E-state index contributed by atoms with van der Waals surface area (Å²) in [6.45, 7) is 5.59. The van der Waals surface area contributed by atoms with Crippen molar-refractivity contribution in [3.8, 4) is 0 Å². The van der Waals surface area contributed by atoms with Crippen LogP contribution in [0.1, 0.15) is 18.2 Å². The third-order valence-corrected chi connectivity index (χ3v) is 2.26. The number of hydrogen-bond donors (Lipinski definition) is 1. The molecule has 6 nitrogen and oxygen atoms in total. The lowest BCUT2D eigenvalue weighted by Crippen LogP contribution is -2.00. The van der Waals surface area contributed by atoms with Crippen LogP contribution in [-0.4, -0.2) is 24.8 Å². The van der Waals surface area contributed by atoms with E-state index in [4.69, 9.17) is 5.73 Å². The Bertz CT molecular complexity index is 455. The summed E-state index contributed by atoms with van der Waals surface area (Å²) in [6, 6.07) is 0. The molecule has 2 aromatic heterocycles. The largest absolute Gasteiger partial charge is 0.381 e. The molecule has 6 heteroatoms. The molecule has 2 N–H and O–H groups in total. The first-order valence-corrected chi connectivity index (χ1v) is 4.87. The first kappa shape index (κ1) is 9.70. The molecule has 0 atom stereocenters. The van der Waals surface area contributed by atoms with E-state index in [0.29, 0.717) is 12.4 Å². The average molecular weight is 206 g/mol. The molecule has 15 heavy (non-hydrogen) atoms. The SMILES string of the molecule is CCn1cc(Cn2cc(N)nn2)c(C)n1. The summed E-state index contributed by atoms with van der Waals surface area (Å²) in [5.74, 6) is 0.440. The highest BCUT2D eigenvalue weighted by atomic mass is 15.4. The smallest absolute Gasteiger partial charge is 0.165 e. The van der Waals surface area contributed by atoms with Crippen LogP contribution in [0.5, 0.6) is 0 Å². The van der Waals surface area contributed by atoms with Crippen molar-refractivity contribution in [2.45, 2.75) is 26.9 Å². The van der Waals surface area contributed by atoms with Gasteiger partial charge in [0.15, 0.2) is 5.82 Å². The number of nitrogens with two attached hydrogens (primary N) is 1. The molecule has 0 saturated carbocycles. The highest BCUT2D eigenvalue weighted by Gasteiger charge is 2.05. The lowest BCUT2D eigenvalue weighted by Gasteiger charge is -1.96. The van der Waals surface area contributed by atoms with Gasteiger partial charge in [0, 0.05) is 18.3 Å². The van der Waals surface area contributed by atoms with Gasteiger partial charge in [-0.25, -0.2) is 4.68 Å². The van der Waals surface area contributed by atoms with Crippen molar-refractivity contribution in [2.75, 3.05) is 5.73 Å². The zero-order valence-corrected chi connectivity index (χ0v) is 8.88. The predicted molar refractivity (Wildman–Crippen MR) is 56.2 cm³/mol. The maximum absolute atomic E-state index is 5.49. The molecule has 80 valence electrons. The molecule has 0 unspecified atom stereocenters. The van der Waals surface area contributed by atoms with E-state index in [-0.39, 0.29) is 0 Å². The van der Waals surface area contributed by atoms with Gasteiger partial charge >= 0.3 is 0 Å². The quantitative estimate of drug-likeness (QED) is 0.790. The van der Waals surface area contributed by atoms with Gasteiger partial charge in [-0.3, -0.25) is 4.68 Å². The van der Waals surface area contributed by atoms with E-state index in [9.17, 15) is 0 Å². The molecule has 0 fully saturated rings. The van der Waals surface area contributed by atoms with Gasteiger partial charge in [-0.05, 0) is 13.8 Å². The normalized spacial score (nSPS) is 10.8. The van der Waals surface area contributed by atoms with Gasteiger partial charge in [0.05, 0.1) is 18.4 Å². The Morgan fingerprint density at radius 2 is 2.13 bits per heavy atom. The molecule has 0 aromatic carbocycles. The third kappa shape index (κ3) is 1.98. The molecule has 0 bridgehead atoms. The molecule has 0 aliphatic heterocycles. The van der Waals surface area contributed by atoms with Crippen LogP contribution in [0.4, 0.5) is 5.82 Å². The Hall–Kier alpha value is -1.85. The maximum atomic E-state index is 5.49. The zero-order chi connectivity index (χ0) is 10.8. The van der Waals surface area contributed by atoms with E-state index >= 15 is 0 Å². The number of rotatable bonds is 3. The minimum atomic E-state index is 0.440. The van der Waals surface area contributed by atoms with Crippen LogP contribution in [0.15, 0.2) is 12.4 Å². The Labute approximate surface area is 87.7 Å². The highest BCUT2D eigenvalue weighted by molar-refractivity contribution is 5.21. The van der Waals surface area contributed by atoms with Crippen molar-refractivity contribution in [2.24, 2.45) is 0 Å². The zero-order valence-electron chi connectivity index (χ0n) is 8.88. The van der Waals surface area contributed by atoms with E-state index in [1.807, 2.05) is 17.8 Å². The van der Waals surface area contributed by atoms with E-state index in [1.165, 1.54) is 0 Å². The van der Waals surface area contributed by atoms with Crippen molar-refractivity contribution in [3.05, 3.63) is 23.7 Å². The Balaban J connectivity index is 2.20. The van der Waals surface area contributed by atoms with Crippen LogP contribution in [0, 0.1) is 6.92 Å². The number of nitrogen functional groups attached to an aromatic ring is 1. The third-order valence-electron chi connectivity index (χ3n) is 2.26. The van der Waals surface area contributed by atoms with Crippen LogP contribution in [0.25, 0.3) is 0 Å². The lowest BCUT2D eigenvalue weighted by molar-refractivity contribution is 0.642. The summed E-state index contributed by atoms with van der Waals surface area (Å²) in [7, 11) is 0. The molecular weight excluding hydrogens is 192 g/mol. The number of anilines is 1. The molecule has 2 rings (SSSR count). The van der Waals surface area contributed by atoms with Gasteiger partial charge in [0.1, 0.15) is 0 Å². The van der Waals surface area contributed by atoms with Gasteiger partial charge < -0.3 is 5.73 Å². The maximum Gasteiger partial charge on any atom is 0.165 e. The Morgan fingerprint density at radius 1 is 1.33 bits per heavy atom. The second kappa shape index (κ2) is 3.72. The summed E-state index contributed by atoms with van der Waals surface area (Å²) in [5.41, 5.74) is 7.65. The van der Waals surface area contributed by atoms with Crippen LogP contribution in [0.3, 0.4) is 0 Å². The van der Waals surface area contributed by atoms with E-state index in [0.717, 1.165) is 17.8 Å². The minimum Gasteiger partial charge on any atom is -0.381 e. The van der Waals surface area contributed by atoms with Gasteiger partial charge in [-0.2, -0.15) is 5.10 Å². The van der Waals surface area contributed by atoms with Gasteiger partial charge in [-0.1, -0.05) is 5.21 Å². The monoisotopic (exact) mass is 206 g/mol. The fraction of sp³-hybridized carbons (Fsp3) is 0.444. The van der Waals surface area contributed by atoms with Crippen molar-refractivity contribution in [3.63, 3.8) is 0 Å². The Morgan fingerprint density at radius 3 is 2.67 bits per heavy atom. The second-order valence-corrected chi connectivity index (χ2v) is 3.44. The molecule has 0 spiro atoms. The standard InChI is InChI=1S/C9H14N6/c1-3-14-4-8(7(2)12-14)5-15-6-9(10)11-13-15/h4,6H,3,5,10H2,1-2H3. The summed E-state index contributed by atoms with van der Waals surface area (Å²) in [4.78, 5) is 0. The minimum absolute atomic E-state index is 0.440. The summed E-state index contributed by atoms with van der Waals surface area (Å²) < 4.78 is 3.62. The highest BCUT2D eigenvalue weighted by Crippen LogP contribution is 2.07. The van der Waals surface area contributed by atoms with Crippen LogP contribution >= 0.6 is 0 Å². The lowest BCUT2D eigenvalue weighted by atomic mass is 10.3. The van der Waals surface area contributed by atoms with Gasteiger partial charge in [0.2, 0.25) is 0 Å². The first-order valence-electron chi connectivity index (χ1n) is 4.87. The fourth-order valence-corrected chi connectivity index (χ4v) is 1.44. The van der Waals surface area contributed by atoms with Crippen LogP contribution in [0.2, 0.25) is 0 Å². The van der Waals surface area contributed by atoms with E-state index in [1.54, 1.807) is 10.9 Å². The fourth-order valence-electron chi connectivity index (χ4n) is 1.44.